The van der Waals surface area contributed by atoms with E-state index in [1.807, 2.05) is 0 Å². The molecule has 0 unspecified atom stereocenters. The zero-order valence-corrected chi connectivity index (χ0v) is 37.5. The standard InChI is InChI=1S/C14H12ClN5O2S.C8H9ClN2O2.C6H4ClN3S.C6H8N2O.C2H2Cl2O/c1-22-13-3-2-8(5-17-13)18-12(21)7-23-14-19-9-4-11(15)16-6-10(9)20-14;1-13-8-3-2-6(5-10-8)11-7(12)4-9;7-5-1-3-4(2-8-5)10-6(11)9-3;1-9-6-3-2-5(7)4-8-6;3-1-2(4)5/h2-6H,7H2,1H3,(H,18,21)(H,19,20);2-3,5H,4H2,1H3,(H,11,12);1-2H,(H2,9,10,11);2-4H,7H2,1H3;1H2. The average molecular weight is 973 g/mol. The number of aromatic amines is 3. The summed E-state index contributed by atoms with van der Waals surface area (Å²) in [7, 11) is 4.63. The number of rotatable bonds is 10. The molecule has 0 spiro atoms. The van der Waals surface area contributed by atoms with E-state index in [0.717, 1.165) is 16.6 Å². The van der Waals surface area contributed by atoms with Gasteiger partial charge in [-0.3, -0.25) is 14.4 Å². The van der Waals surface area contributed by atoms with Crippen molar-refractivity contribution in [1.29, 1.82) is 0 Å². The zero-order chi connectivity index (χ0) is 44.7. The molecule has 0 aliphatic rings. The fourth-order valence-corrected chi connectivity index (χ4v) is 5.31. The number of thioether (sulfide) groups is 1. The second-order valence-corrected chi connectivity index (χ2v) is 14.1. The molecule has 7 N–H and O–H groups in total. The Kier molecular flexibility index (Phi) is 21.8. The third-order valence-corrected chi connectivity index (χ3v) is 8.92. The quantitative estimate of drug-likeness (QED) is 0.0250. The SMILES string of the molecule is COc1ccc(N)cn1.COc1ccc(NC(=O)CCl)cn1.COc1ccc(NC(=O)CSc2nc3cc(Cl)ncc3[nH]2)cn1.O=C(Cl)CCl.S=c1[nH]c2cnc(Cl)cc2[nH]1. The number of aromatic nitrogens is 9. The van der Waals surface area contributed by atoms with E-state index in [2.05, 4.69) is 55.5 Å². The number of carbonyl (C=O) groups is 3. The van der Waals surface area contributed by atoms with E-state index < -0.39 is 5.24 Å². The Balaban J connectivity index is 0.000000223. The molecule has 25 heteroatoms. The lowest BCUT2D eigenvalue weighted by Gasteiger charge is -2.04. The summed E-state index contributed by atoms with van der Waals surface area (Å²) < 4.78 is 15.2. The van der Waals surface area contributed by atoms with E-state index in [-0.39, 0.29) is 29.3 Å². The van der Waals surface area contributed by atoms with Crippen molar-refractivity contribution in [3.63, 3.8) is 0 Å². The van der Waals surface area contributed by atoms with Crippen LogP contribution in [0.25, 0.3) is 22.1 Å². The minimum absolute atomic E-state index is 0.0635. The van der Waals surface area contributed by atoms with Crippen LogP contribution in [0.5, 0.6) is 17.6 Å². The fourth-order valence-electron chi connectivity index (χ4n) is 4.03. The maximum Gasteiger partial charge on any atom is 0.239 e. The van der Waals surface area contributed by atoms with Crippen molar-refractivity contribution >= 4 is 138 Å². The maximum absolute atomic E-state index is 11.9. The van der Waals surface area contributed by atoms with E-state index in [0.29, 0.717) is 60.5 Å². The summed E-state index contributed by atoms with van der Waals surface area (Å²) in [6.07, 6.45) is 7.85. The predicted molar refractivity (Wildman–Crippen MR) is 242 cm³/mol. The van der Waals surface area contributed by atoms with Gasteiger partial charge in [-0.05, 0) is 42.0 Å². The zero-order valence-electron chi connectivity index (χ0n) is 32.0. The highest BCUT2D eigenvalue weighted by atomic mass is 35.5. The monoisotopic (exact) mass is 970 g/mol. The average Bonchev–Trinajstić information content (AvgIpc) is 3.85. The van der Waals surface area contributed by atoms with Crippen molar-refractivity contribution in [2.75, 3.05) is 55.2 Å². The summed E-state index contributed by atoms with van der Waals surface area (Å²) in [6.45, 7) is 0. The largest absolute Gasteiger partial charge is 0.481 e. The van der Waals surface area contributed by atoms with Gasteiger partial charge in [-0.15, -0.1) is 23.2 Å². The molecule has 0 aromatic carbocycles. The predicted octanol–water partition coefficient (Wildman–Crippen LogP) is 7.95. The third-order valence-electron chi connectivity index (χ3n) is 6.67. The number of halogens is 5. The Bertz CT molecular complexity index is 2510. The van der Waals surface area contributed by atoms with E-state index in [1.165, 1.54) is 38.4 Å². The van der Waals surface area contributed by atoms with Crippen LogP contribution in [0.1, 0.15) is 0 Å². The van der Waals surface area contributed by atoms with Gasteiger partial charge in [-0.2, -0.15) is 0 Å². The molecule has 61 heavy (non-hydrogen) atoms. The molecule has 2 amide bonds. The lowest BCUT2D eigenvalue weighted by atomic mass is 10.4. The van der Waals surface area contributed by atoms with Gasteiger partial charge in [-0.25, -0.2) is 29.9 Å². The van der Waals surface area contributed by atoms with Crippen molar-refractivity contribution in [3.05, 3.63) is 94.6 Å². The number of methoxy groups -OCH3 is 3. The van der Waals surface area contributed by atoms with Gasteiger partial charge >= 0.3 is 0 Å². The molecule has 0 atom stereocenters. The number of amides is 2. The van der Waals surface area contributed by atoms with Crippen molar-refractivity contribution < 1.29 is 28.6 Å². The number of pyridine rings is 5. The Hall–Kier alpha value is -5.48. The number of carbonyl (C=O) groups excluding carboxylic acids is 3. The minimum Gasteiger partial charge on any atom is -0.481 e. The summed E-state index contributed by atoms with van der Waals surface area (Å²) >= 11 is 32.5. The number of fused-ring (bicyclic) bond motifs is 2. The summed E-state index contributed by atoms with van der Waals surface area (Å²) in [5.41, 5.74) is 10.5. The Morgan fingerprint density at radius 1 is 0.689 bits per heavy atom. The number of alkyl halides is 2. The van der Waals surface area contributed by atoms with Crippen molar-refractivity contribution in [2.24, 2.45) is 0 Å². The Morgan fingerprint density at radius 3 is 1.69 bits per heavy atom. The molecule has 0 bridgehead atoms. The molecule has 0 saturated carbocycles. The molecule has 7 heterocycles. The van der Waals surface area contributed by atoms with Crippen molar-refractivity contribution in [1.82, 2.24) is 44.9 Å². The van der Waals surface area contributed by atoms with Crippen LogP contribution in [0.4, 0.5) is 17.1 Å². The fraction of sp³-hybridized carbons (Fsp3) is 0.167. The van der Waals surface area contributed by atoms with Crippen LogP contribution in [-0.2, 0) is 14.4 Å². The van der Waals surface area contributed by atoms with Crippen LogP contribution in [-0.4, -0.2) is 101 Å². The third kappa shape index (κ3) is 18.8. The molecule has 0 aliphatic carbocycles. The van der Waals surface area contributed by atoms with Gasteiger partial charge < -0.3 is 45.5 Å². The lowest BCUT2D eigenvalue weighted by molar-refractivity contribution is -0.114. The number of nitrogens with two attached hydrogens (primary N) is 1. The summed E-state index contributed by atoms with van der Waals surface area (Å²) in [5, 5.41) is 6.27. The smallest absolute Gasteiger partial charge is 0.239 e. The summed E-state index contributed by atoms with van der Waals surface area (Å²) in [4.78, 5) is 65.1. The number of nitrogens with one attached hydrogen (secondary N) is 5. The first-order valence-corrected chi connectivity index (χ1v) is 20.4. The molecule has 7 aromatic rings. The van der Waals surface area contributed by atoms with Gasteiger partial charge in [-0.1, -0.05) is 35.0 Å². The van der Waals surface area contributed by atoms with Crippen LogP contribution in [0.15, 0.2) is 84.7 Å². The van der Waals surface area contributed by atoms with Crippen LogP contribution in [0.2, 0.25) is 10.3 Å². The van der Waals surface area contributed by atoms with Gasteiger partial charge in [0.15, 0.2) is 9.93 Å². The molecule has 322 valence electrons. The van der Waals surface area contributed by atoms with Crippen LogP contribution in [0.3, 0.4) is 0 Å². The topological polar surface area (TPSA) is 254 Å². The maximum atomic E-state index is 11.9. The normalized spacial score (nSPS) is 9.90. The molecule has 7 rings (SSSR count). The van der Waals surface area contributed by atoms with Gasteiger partial charge in [0, 0.05) is 30.3 Å². The number of anilines is 3. The van der Waals surface area contributed by atoms with Crippen LogP contribution in [0, 0.1) is 4.77 Å². The number of H-pyrrole nitrogens is 3. The molecule has 0 aliphatic heterocycles. The molecular formula is C36H35Cl5N12O6S2. The number of hydrogen-bond acceptors (Lipinski definition) is 15. The van der Waals surface area contributed by atoms with Gasteiger partial charge in [0.05, 0.1) is 103 Å². The molecule has 7 aromatic heterocycles. The molecular weight excluding hydrogens is 938 g/mol. The van der Waals surface area contributed by atoms with E-state index >= 15 is 0 Å². The Labute approximate surface area is 382 Å². The first kappa shape index (κ1) is 49.9. The number of ether oxygens (including phenoxy) is 3. The summed E-state index contributed by atoms with van der Waals surface area (Å²) in [6, 6.07) is 13.6. The first-order valence-electron chi connectivity index (χ1n) is 16.8. The van der Waals surface area contributed by atoms with Gasteiger partial charge in [0.25, 0.3) is 0 Å². The van der Waals surface area contributed by atoms with Crippen molar-refractivity contribution in [2.45, 2.75) is 5.16 Å². The van der Waals surface area contributed by atoms with Crippen molar-refractivity contribution in [3.8, 4) is 17.6 Å². The minimum atomic E-state index is -0.508. The lowest BCUT2D eigenvalue weighted by Crippen LogP contribution is -2.14. The number of nitrogen functional groups attached to an aromatic ring is 1. The van der Waals surface area contributed by atoms with E-state index in [1.54, 1.807) is 74.2 Å². The van der Waals surface area contributed by atoms with Gasteiger partial charge in [0.2, 0.25) is 34.7 Å². The first-order chi connectivity index (χ1) is 29.2. The second-order valence-electron chi connectivity index (χ2n) is 11.0. The van der Waals surface area contributed by atoms with E-state index in [9.17, 15) is 14.4 Å². The molecule has 0 fully saturated rings. The van der Waals surface area contributed by atoms with Crippen LogP contribution >= 0.6 is 82.0 Å². The molecule has 0 saturated heterocycles. The highest BCUT2D eigenvalue weighted by Crippen LogP contribution is 2.21. The number of hydrogen-bond donors (Lipinski definition) is 6. The summed E-state index contributed by atoms with van der Waals surface area (Å²) in [5.74, 6) is 1.23. The number of imidazole rings is 2. The second kappa shape index (κ2) is 26.7. The van der Waals surface area contributed by atoms with E-state index in [4.69, 9.17) is 90.2 Å². The number of nitrogens with zero attached hydrogens (tertiary/aromatic N) is 6. The highest BCUT2D eigenvalue weighted by Gasteiger charge is 2.09. The molecule has 0 radical (unpaired) electrons. The Morgan fingerprint density at radius 2 is 1.20 bits per heavy atom. The molecule has 18 nitrogen and oxygen atoms in total. The van der Waals surface area contributed by atoms with Gasteiger partial charge in [0.1, 0.15) is 16.2 Å². The van der Waals surface area contributed by atoms with Crippen LogP contribution < -0.4 is 30.6 Å². The highest BCUT2D eigenvalue weighted by molar-refractivity contribution is 7.99.